The van der Waals surface area contributed by atoms with Crippen LogP contribution in [0.25, 0.3) is 0 Å². The van der Waals surface area contributed by atoms with E-state index in [0.29, 0.717) is 11.5 Å². The van der Waals surface area contributed by atoms with Gasteiger partial charge in [-0.1, -0.05) is 18.6 Å². The second-order valence-corrected chi connectivity index (χ2v) is 6.51. The fourth-order valence-corrected chi connectivity index (χ4v) is 3.01. The van der Waals surface area contributed by atoms with E-state index < -0.39 is 12.7 Å². The maximum atomic E-state index is 12.2. The Morgan fingerprint density at radius 2 is 1.89 bits per heavy atom. The highest BCUT2D eigenvalue weighted by Crippen LogP contribution is 2.19. The summed E-state index contributed by atoms with van der Waals surface area (Å²) in [4.78, 5) is 6.86. The molecule has 0 spiro atoms. The molecule has 1 aromatic carbocycles. The predicted octanol–water partition coefficient (Wildman–Crippen LogP) is 2.36. The second-order valence-electron chi connectivity index (χ2n) is 6.51. The number of benzene rings is 1. The number of halogens is 2. The van der Waals surface area contributed by atoms with E-state index in [4.69, 9.17) is 0 Å². The van der Waals surface area contributed by atoms with Gasteiger partial charge in [0.25, 0.3) is 0 Å². The summed E-state index contributed by atoms with van der Waals surface area (Å²) in [5.74, 6) is 0.725. The zero-order valence-electron chi connectivity index (χ0n) is 15.8. The molecule has 8 heteroatoms. The number of alkyl halides is 2. The van der Waals surface area contributed by atoms with Crippen molar-refractivity contribution in [1.29, 1.82) is 0 Å². The molecule has 1 aromatic rings. The number of nitrogens with one attached hydrogen (secondary N) is 2. The Balaban J connectivity index is 1.81. The highest BCUT2D eigenvalue weighted by Gasteiger charge is 2.11. The third-order valence-electron chi connectivity index (χ3n) is 4.43. The number of aliphatic hydroxyl groups is 1. The molecule has 1 atom stereocenters. The number of aliphatic hydroxyl groups excluding tert-OH is 1. The zero-order valence-corrected chi connectivity index (χ0v) is 15.8. The Hall–Kier alpha value is -1.93. The molecule has 6 nitrogen and oxygen atoms in total. The van der Waals surface area contributed by atoms with E-state index in [2.05, 4.69) is 25.3 Å². The number of ether oxygens (including phenoxy) is 1. The van der Waals surface area contributed by atoms with Crippen LogP contribution in [0.5, 0.6) is 5.75 Å². The lowest BCUT2D eigenvalue weighted by molar-refractivity contribution is -0.0498. The van der Waals surface area contributed by atoms with Crippen LogP contribution in [0.3, 0.4) is 0 Å². The molecule has 1 saturated heterocycles. The van der Waals surface area contributed by atoms with E-state index in [-0.39, 0.29) is 12.3 Å². The molecule has 1 aliphatic rings. The third-order valence-corrected chi connectivity index (χ3v) is 4.43. The van der Waals surface area contributed by atoms with Crippen LogP contribution in [0.2, 0.25) is 0 Å². The fourth-order valence-electron chi connectivity index (χ4n) is 3.01. The lowest BCUT2D eigenvalue weighted by Crippen LogP contribution is -2.42. The van der Waals surface area contributed by atoms with E-state index in [9.17, 15) is 13.9 Å². The van der Waals surface area contributed by atoms with Gasteiger partial charge in [-0.05, 0) is 50.6 Å². The van der Waals surface area contributed by atoms with Gasteiger partial charge in [-0.25, -0.2) is 0 Å². The molecule has 27 heavy (non-hydrogen) atoms. The molecule has 0 saturated carbocycles. The number of likely N-dealkylation sites (tertiary alicyclic amines) is 1. The molecular weight excluding hydrogens is 354 g/mol. The molecule has 0 bridgehead atoms. The van der Waals surface area contributed by atoms with Gasteiger partial charge in [-0.3, -0.25) is 4.99 Å². The van der Waals surface area contributed by atoms with Gasteiger partial charge < -0.3 is 25.4 Å². The first kappa shape index (κ1) is 21.4. The summed E-state index contributed by atoms with van der Waals surface area (Å²) in [5, 5.41) is 16.7. The molecule has 0 aliphatic carbocycles. The fraction of sp³-hybridized carbons (Fsp3) is 0.632. The smallest absolute Gasteiger partial charge is 0.387 e. The Labute approximate surface area is 159 Å². The SMILES string of the molecule is CCNC(=NCC(O)c1ccc(OC(F)F)cc1)NCCN1CCCCC1. The number of guanidine groups is 1. The third kappa shape index (κ3) is 8.09. The molecule has 0 radical (unpaired) electrons. The molecule has 1 fully saturated rings. The van der Waals surface area contributed by atoms with Crippen LogP contribution in [0.4, 0.5) is 8.78 Å². The number of aliphatic imine (C=N–C) groups is 1. The summed E-state index contributed by atoms with van der Waals surface area (Å²) in [7, 11) is 0. The van der Waals surface area contributed by atoms with Crippen LogP contribution in [0.15, 0.2) is 29.3 Å². The van der Waals surface area contributed by atoms with Crippen molar-refractivity contribution >= 4 is 5.96 Å². The van der Waals surface area contributed by atoms with Gasteiger partial charge in [0, 0.05) is 19.6 Å². The van der Waals surface area contributed by atoms with Gasteiger partial charge in [-0.2, -0.15) is 8.78 Å². The predicted molar refractivity (Wildman–Crippen MR) is 102 cm³/mol. The van der Waals surface area contributed by atoms with E-state index in [1.165, 1.54) is 31.4 Å². The number of hydrogen-bond donors (Lipinski definition) is 3. The first-order valence-electron chi connectivity index (χ1n) is 9.56. The van der Waals surface area contributed by atoms with E-state index >= 15 is 0 Å². The minimum atomic E-state index is -2.86. The molecule has 1 aliphatic heterocycles. The molecule has 0 aromatic heterocycles. The summed E-state index contributed by atoms with van der Waals surface area (Å²) in [5.41, 5.74) is 0.601. The van der Waals surface area contributed by atoms with Crippen LogP contribution in [-0.2, 0) is 0 Å². The average molecular weight is 384 g/mol. The van der Waals surface area contributed by atoms with Crippen LogP contribution in [0, 0.1) is 0 Å². The van der Waals surface area contributed by atoms with Crippen LogP contribution in [0.1, 0.15) is 37.9 Å². The van der Waals surface area contributed by atoms with Gasteiger partial charge in [0.1, 0.15) is 5.75 Å². The lowest BCUT2D eigenvalue weighted by Gasteiger charge is -2.26. The van der Waals surface area contributed by atoms with E-state index in [1.807, 2.05) is 6.92 Å². The monoisotopic (exact) mass is 384 g/mol. The molecule has 2 rings (SSSR count). The van der Waals surface area contributed by atoms with Crippen molar-refractivity contribution in [1.82, 2.24) is 15.5 Å². The maximum absolute atomic E-state index is 12.2. The lowest BCUT2D eigenvalue weighted by atomic mass is 10.1. The minimum Gasteiger partial charge on any atom is -0.435 e. The number of hydrogen-bond acceptors (Lipinski definition) is 4. The standard InChI is InChI=1S/C19H30F2N4O2/c1-2-22-19(23-10-13-25-11-4-3-5-12-25)24-14-17(26)15-6-8-16(9-7-15)27-18(20)21/h6-9,17-18,26H,2-5,10-14H2,1H3,(H2,22,23,24). The molecule has 3 N–H and O–H groups in total. The first-order chi connectivity index (χ1) is 13.1. The topological polar surface area (TPSA) is 69.1 Å². The van der Waals surface area contributed by atoms with Crippen LogP contribution in [-0.4, -0.2) is 61.8 Å². The highest BCUT2D eigenvalue weighted by atomic mass is 19.3. The van der Waals surface area contributed by atoms with Crippen molar-refractivity contribution in [3.05, 3.63) is 29.8 Å². The number of rotatable bonds is 9. The summed E-state index contributed by atoms with van der Waals surface area (Å²) >= 11 is 0. The van der Waals surface area contributed by atoms with E-state index in [1.54, 1.807) is 12.1 Å². The Kier molecular flexibility index (Phi) is 9.27. The largest absolute Gasteiger partial charge is 0.435 e. The maximum Gasteiger partial charge on any atom is 0.387 e. The van der Waals surface area contributed by atoms with Gasteiger partial charge in [0.05, 0.1) is 12.6 Å². The molecule has 0 amide bonds. The first-order valence-corrected chi connectivity index (χ1v) is 9.56. The Morgan fingerprint density at radius 3 is 2.52 bits per heavy atom. The highest BCUT2D eigenvalue weighted by molar-refractivity contribution is 5.79. The zero-order chi connectivity index (χ0) is 19.5. The Morgan fingerprint density at radius 1 is 1.19 bits per heavy atom. The average Bonchev–Trinajstić information content (AvgIpc) is 2.67. The van der Waals surface area contributed by atoms with Crippen molar-refractivity contribution in [2.75, 3.05) is 39.3 Å². The minimum absolute atomic E-state index is 0.0668. The van der Waals surface area contributed by atoms with Crippen LogP contribution >= 0.6 is 0 Å². The van der Waals surface area contributed by atoms with Gasteiger partial charge >= 0.3 is 6.61 Å². The number of piperidine rings is 1. The van der Waals surface area contributed by atoms with Crippen molar-refractivity contribution in [2.45, 2.75) is 38.9 Å². The van der Waals surface area contributed by atoms with Gasteiger partial charge in [0.2, 0.25) is 0 Å². The number of nitrogens with zero attached hydrogens (tertiary/aromatic N) is 2. The van der Waals surface area contributed by atoms with Crippen molar-refractivity contribution in [3.8, 4) is 5.75 Å². The summed E-state index contributed by atoms with van der Waals surface area (Å²) in [6, 6.07) is 5.95. The van der Waals surface area contributed by atoms with Crippen molar-refractivity contribution in [3.63, 3.8) is 0 Å². The molecular formula is C19H30F2N4O2. The normalized spacial score (nSPS) is 17.0. The second kappa shape index (κ2) is 11.7. The quantitative estimate of drug-likeness (QED) is 0.451. The van der Waals surface area contributed by atoms with Crippen molar-refractivity contribution in [2.24, 2.45) is 4.99 Å². The summed E-state index contributed by atoms with van der Waals surface area (Å²) < 4.78 is 28.7. The molecule has 1 unspecified atom stereocenters. The molecule has 1 heterocycles. The molecule has 152 valence electrons. The summed E-state index contributed by atoms with van der Waals surface area (Å²) in [6.45, 7) is 4.10. The van der Waals surface area contributed by atoms with Crippen molar-refractivity contribution < 1.29 is 18.6 Å². The van der Waals surface area contributed by atoms with Crippen LogP contribution < -0.4 is 15.4 Å². The summed E-state index contributed by atoms with van der Waals surface area (Å²) in [6.07, 6.45) is 3.03. The van der Waals surface area contributed by atoms with Gasteiger partial charge in [-0.15, -0.1) is 0 Å². The van der Waals surface area contributed by atoms with E-state index in [0.717, 1.165) is 32.7 Å². The van der Waals surface area contributed by atoms with Gasteiger partial charge in [0.15, 0.2) is 5.96 Å². The Bertz CT molecular complexity index is 563.